The largest absolute Gasteiger partial charge is 0.361 e. The summed E-state index contributed by atoms with van der Waals surface area (Å²) in [5.41, 5.74) is 2.46. The van der Waals surface area contributed by atoms with Crippen LogP contribution >= 0.6 is 0 Å². The van der Waals surface area contributed by atoms with Crippen molar-refractivity contribution in [3.63, 3.8) is 0 Å². The van der Waals surface area contributed by atoms with E-state index in [0.717, 1.165) is 45.0 Å². The second-order valence-corrected chi connectivity index (χ2v) is 6.69. The molecule has 0 saturated carbocycles. The first-order valence-corrected chi connectivity index (χ1v) is 9.58. The Balaban J connectivity index is 1.56. The van der Waals surface area contributed by atoms with Gasteiger partial charge in [-0.25, -0.2) is 0 Å². The summed E-state index contributed by atoms with van der Waals surface area (Å²) in [4.78, 5) is 21.8. The van der Waals surface area contributed by atoms with Crippen molar-refractivity contribution in [1.82, 2.24) is 20.5 Å². The van der Waals surface area contributed by atoms with Gasteiger partial charge >= 0.3 is 0 Å². The highest BCUT2D eigenvalue weighted by molar-refractivity contribution is 5.83. The van der Waals surface area contributed by atoms with Crippen LogP contribution in [0.15, 0.2) is 35.5 Å². The van der Waals surface area contributed by atoms with E-state index in [0.29, 0.717) is 6.42 Å². The van der Waals surface area contributed by atoms with Crippen molar-refractivity contribution in [2.45, 2.75) is 39.2 Å². The molecule has 1 aliphatic rings. The average Bonchev–Trinajstić information content (AvgIpc) is 3.29. The summed E-state index contributed by atoms with van der Waals surface area (Å²) >= 11 is 0. The molecule has 1 fully saturated rings. The number of aromatic nitrogens is 1. The van der Waals surface area contributed by atoms with Gasteiger partial charge in [0, 0.05) is 55.7 Å². The third kappa shape index (κ3) is 4.36. The van der Waals surface area contributed by atoms with Crippen molar-refractivity contribution in [2.24, 2.45) is 4.99 Å². The first-order valence-electron chi connectivity index (χ1n) is 9.58. The lowest BCUT2D eigenvalue weighted by Gasteiger charge is -2.18. The van der Waals surface area contributed by atoms with Crippen molar-refractivity contribution in [2.75, 3.05) is 26.2 Å². The first kappa shape index (κ1) is 18.3. The van der Waals surface area contributed by atoms with E-state index in [-0.39, 0.29) is 11.9 Å². The van der Waals surface area contributed by atoms with Gasteiger partial charge in [-0.1, -0.05) is 25.1 Å². The summed E-state index contributed by atoms with van der Waals surface area (Å²) in [6.45, 7) is 7.13. The fourth-order valence-corrected chi connectivity index (χ4v) is 3.47. The molecule has 0 bridgehead atoms. The molecule has 140 valence electrons. The molecule has 6 nitrogen and oxygen atoms in total. The van der Waals surface area contributed by atoms with Crippen LogP contribution < -0.4 is 10.6 Å². The summed E-state index contributed by atoms with van der Waals surface area (Å²) in [6, 6.07) is 8.63. The lowest BCUT2D eigenvalue weighted by molar-refractivity contribution is -0.129. The van der Waals surface area contributed by atoms with Crippen LogP contribution in [0.4, 0.5) is 0 Å². The number of guanidine groups is 1. The van der Waals surface area contributed by atoms with E-state index in [1.807, 2.05) is 17.9 Å². The number of benzene rings is 1. The van der Waals surface area contributed by atoms with Gasteiger partial charge in [0.25, 0.3) is 0 Å². The molecule has 1 aliphatic heterocycles. The second kappa shape index (κ2) is 8.74. The highest BCUT2D eigenvalue weighted by Gasteiger charge is 2.25. The first-order chi connectivity index (χ1) is 12.7. The van der Waals surface area contributed by atoms with Crippen molar-refractivity contribution < 1.29 is 4.79 Å². The van der Waals surface area contributed by atoms with Gasteiger partial charge in [0.1, 0.15) is 0 Å². The number of fused-ring (bicyclic) bond motifs is 1. The molecule has 0 spiro atoms. The molecule has 6 heteroatoms. The molecular formula is C20H29N5O. The molecule has 2 aromatic rings. The number of amides is 1. The maximum absolute atomic E-state index is 11.8. The molecule has 2 heterocycles. The van der Waals surface area contributed by atoms with Crippen LogP contribution in [0.3, 0.4) is 0 Å². The predicted molar refractivity (Wildman–Crippen MR) is 106 cm³/mol. The number of rotatable bonds is 6. The fraction of sp³-hybridized carbons (Fsp3) is 0.500. The standard InChI is InChI=1S/C20H29N5O/c1-3-19(26)25-12-10-16(14-25)24-20(21-4-2)22-11-9-15-13-23-18-8-6-5-7-17(15)18/h5-8,13,16,23H,3-4,9-12,14H2,1-2H3,(H2,21,22,24). The average molecular weight is 355 g/mol. The predicted octanol–water partition coefficient (Wildman–Crippen LogP) is 2.28. The Hall–Kier alpha value is -2.50. The van der Waals surface area contributed by atoms with E-state index < -0.39 is 0 Å². The third-order valence-electron chi connectivity index (χ3n) is 4.85. The number of para-hydroxylation sites is 1. The Kier molecular flexibility index (Phi) is 6.15. The summed E-state index contributed by atoms with van der Waals surface area (Å²) in [7, 11) is 0. The number of hydrogen-bond acceptors (Lipinski definition) is 2. The summed E-state index contributed by atoms with van der Waals surface area (Å²) in [6.07, 6.45) is 4.52. The molecule has 26 heavy (non-hydrogen) atoms. The molecule has 1 amide bonds. The minimum atomic E-state index is 0.232. The highest BCUT2D eigenvalue weighted by atomic mass is 16.2. The van der Waals surface area contributed by atoms with Gasteiger partial charge in [0.15, 0.2) is 5.96 Å². The van der Waals surface area contributed by atoms with Gasteiger partial charge in [0.05, 0.1) is 0 Å². The van der Waals surface area contributed by atoms with Gasteiger partial charge in [-0.05, 0) is 31.4 Å². The van der Waals surface area contributed by atoms with Crippen LogP contribution in [0.25, 0.3) is 10.9 Å². The molecule has 1 atom stereocenters. The van der Waals surface area contributed by atoms with Crippen LogP contribution in [0.5, 0.6) is 0 Å². The molecule has 1 aromatic heterocycles. The number of hydrogen-bond donors (Lipinski definition) is 3. The molecule has 1 saturated heterocycles. The molecule has 3 rings (SSSR count). The summed E-state index contributed by atoms with van der Waals surface area (Å²) in [5.74, 6) is 1.07. The number of nitrogens with one attached hydrogen (secondary N) is 3. The normalized spacial score (nSPS) is 17.7. The highest BCUT2D eigenvalue weighted by Crippen LogP contribution is 2.18. The van der Waals surface area contributed by atoms with Gasteiger partial charge in [-0.2, -0.15) is 0 Å². The number of aliphatic imine (C=N–C) groups is 1. The Morgan fingerprint density at radius 1 is 1.35 bits per heavy atom. The zero-order valence-electron chi connectivity index (χ0n) is 15.7. The monoisotopic (exact) mass is 355 g/mol. The van der Waals surface area contributed by atoms with Crippen LogP contribution in [-0.4, -0.2) is 54.0 Å². The molecule has 1 aromatic carbocycles. The van der Waals surface area contributed by atoms with Crippen molar-refractivity contribution >= 4 is 22.8 Å². The number of aromatic amines is 1. The van der Waals surface area contributed by atoms with Crippen LogP contribution in [0, 0.1) is 0 Å². The van der Waals surface area contributed by atoms with Crippen molar-refractivity contribution in [3.8, 4) is 0 Å². The quantitative estimate of drug-likeness (QED) is 0.550. The molecule has 3 N–H and O–H groups in total. The molecule has 0 radical (unpaired) electrons. The van der Waals surface area contributed by atoms with Crippen LogP contribution in [0.1, 0.15) is 32.3 Å². The number of carbonyl (C=O) groups excluding carboxylic acids is 1. The maximum atomic E-state index is 11.8. The second-order valence-electron chi connectivity index (χ2n) is 6.69. The lowest BCUT2D eigenvalue weighted by Crippen LogP contribution is -2.45. The van der Waals surface area contributed by atoms with Gasteiger partial charge in [-0.15, -0.1) is 0 Å². The van der Waals surface area contributed by atoms with Gasteiger partial charge in [-0.3, -0.25) is 9.79 Å². The number of nitrogens with zero attached hydrogens (tertiary/aromatic N) is 2. The Labute approximate surface area is 155 Å². The maximum Gasteiger partial charge on any atom is 0.222 e. The third-order valence-corrected chi connectivity index (χ3v) is 4.85. The molecule has 1 unspecified atom stereocenters. The van der Waals surface area contributed by atoms with E-state index >= 15 is 0 Å². The van der Waals surface area contributed by atoms with Crippen LogP contribution in [0.2, 0.25) is 0 Å². The van der Waals surface area contributed by atoms with E-state index in [2.05, 4.69) is 46.9 Å². The zero-order valence-corrected chi connectivity index (χ0v) is 15.7. The van der Waals surface area contributed by atoms with E-state index in [9.17, 15) is 4.79 Å². The molecular weight excluding hydrogens is 326 g/mol. The van der Waals surface area contributed by atoms with Gasteiger partial charge < -0.3 is 20.5 Å². The molecule has 0 aliphatic carbocycles. The van der Waals surface area contributed by atoms with E-state index in [1.165, 1.54) is 16.5 Å². The Morgan fingerprint density at radius 2 is 2.19 bits per heavy atom. The van der Waals surface area contributed by atoms with Crippen molar-refractivity contribution in [1.29, 1.82) is 0 Å². The fourth-order valence-electron chi connectivity index (χ4n) is 3.47. The minimum Gasteiger partial charge on any atom is -0.361 e. The Bertz CT molecular complexity index is 766. The number of carbonyl (C=O) groups is 1. The zero-order chi connectivity index (χ0) is 18.4. The minimum absolute atomic E-state index is 0.232. The summed E-state index contributed by atoms with van der Waals surface area (Å²) in [5, 5.41) is 8.06. The topological polar surface area (TPSA) is 72.5 Å². The van der Waals surface area contributed by atoms with Gasteiger partial charge in [0.2, 0.25) is 5.91 Å². The van der Waals surface area contributed by atoms with E-state index in [1.54, 1.807) is 0 Å². The van der Waals surface area contributed by atoms with E-state index in [4.69, 9.17) is 4.99 Å². The van der Waals surface area contributed by atoms with Crippen molar-refractivity contribution in [3.05, 3.63) is 36.0 Å². The summed E-state index contributed by atoms with van der Waals surface area (Å²) < 4.78 is 0. The smallest absolute Gasteiger partial charge is 0.222 e. The Morgan fingerprint density at radius 3 is 3.00 bits per heavy atom. The lowest BCUT2D eigenvalue weighted by atomic mass is 10.1. The SMILES string of the molecule is CCNC(=NCCc1c[nH]c2ccccc12)NC1CCN(C(=O)CC)C1. The number of likely N-dealkylation sites (tertiary alicyclic amines) is 1. The van der Waals surface area contributed by atoms with Crippen LogP contribution in [-0.2, 0) is 11.2 Å². The number of H-pyrrole nitrogens is 1.